The molecule has 0 fully saturated rings. The van der Waals surface area contributed by atoms with Gasteiger partial charge in [0, 0.05) is 52.8 Å². The highest BCUT2D eigenvalue weighted by molar-refractivity contribution is 7.26. The summed E-state index contributed by atoms with van der Waals surface area (Å²) in [4.78, 5) is 14.5. The van der Waals surface area contributed by atoms with Gasteiger partial charge in [-0.2, -0.15) is 0 Å². The van der Waals surface area contributed by atoms with Crippen molar-refractivity contribution in [1.82, 2.24) is 15.0 Å². The van der Waals surface area contributed by atoms with E-state index < -0.39 is 0 Å². The highest BCUT2D eigenvalue weighted by Gasteiger charge is 2.18. The van der Waals surface area contributed by atoms with Crippen molar-refractivity contribution in [3.8, 4) is 45.0 Å². The monoisotopic (exact) mass is 685 g/mol. The molecule has 0 atom stereocenters. The van der Waals surface area contributed by atoms with Gasteiger partial charge >= 0.3 is 0 Å². The van der Waals surface area contributed by atoms with E-state index in [9.17, 15) is 0 Å². The topological polar surface area (TPSA) is 65.0 Å². The van der Waals surface area contributed by atoms with Crippen LogP contribution in [0.15, 0.2) is 154 Å². The van der Waals surface area contributed by atoms with Crippen molar-refractivity contribution in [2.45, 2.75) is 6.92 Å². The summed E-state index contributed by atoms with van der Waals surface area (Å²) in [5, 5.41) is 6.77. The number of nitrogens with zero attached hydrogens (tertiary/aromatic N) is 3. The Morgan fingerprint density at radius 3 is 2.08 bits per heavy atom. The Balaban J connectivity index is 1.03. The van der Waals surface area contributed by atoms with Crippen molar-refractivity contribution in [2.24, 2.45) is 0 Å². The minimum Gasteiger partial charge on any atom is -0.456 e. The summed E-state index contributed by atoms with van der Waals surface area (Å²) in [7, 11) is 0. The van der Waals surface area contributed by atoms with E-state index in [0.717, 1.165) is 60.6 Å². The molecular formula is C46H27N3O2S. The molecule has 244 valence electrons. The number of thiophene rings is 1. The maximum absolute atomic E-state index is 6.47. The van der Waals surface area contributed by atoms with E-state index in [1.54, 1.807) is 0 Å². The van der Waals surface area contributed by atoms with Gasteiger partial charge < -0.3 is 8.83 Å². The average Bonchev–Trinajstić information content (AvgIpc) is 3.88. The van der Waals surface area contributed by atoms with E-state index in [1.165, 1.54) is 36.9 Å². The zero-order valence-corrected chi connectivity index (χ0v) is 28.7. The second kappa shape index (κ2) is 11.2. The Morgan fingerprint density at radius 1 is 0.404 bits per heavy atom. The molecule has 0 aliphatic carbocycles. The molecule has 11 rings (SSSR count). The van der Waals surface area contributed by atoms with Crippen molar-refractivity contribution < 1.29 is 8.83 Å². The fourth-order valence-electron chi connectivity index (χ4n) is 7.65. The second-order valence-electron chi connectivity index (χ2n) is 13.2. The first-order chi connectivity index (χ1) is 25.6. The number of benzene rings is 7. The van der Waals surface area contributed by atoms with E-state index in [1.807, 2.05) is 60.7 Å². The van der Waals surface area contributed by atoms with Crippen LogP contribution in [0, 0.1) is 6.92 Å². The molecule has 11 aromatic rings. The Morgan fingerprint density at radius 2 is 1.15 bits per heavy atom. The molecule has 0 saturated heterocycles. The summed E-state index contributed by atoms with van der Waals surface area (Å²) in [6, 6.07) is 50.9. The van der Waals surface area contributed by atoms with Crippen molar-refractivity contribution in [3.05, 3.63) is 151 Å². The van der Waals surface area contributed by atoms with E-state index in [0.29, 0.717) is 17.5 Å². The molecule has 52 heavy (non-hydrogen) atoms. The minimum atomic E-state index is 0.598. The molecule has 0 aliphatic heterocycles. The maximum atomic E-state index is 6.47. The van der Waals surface area contributed by atoms with Crippen LogP contribution in [-0.2, 0) is 0 Å². The normalized spacial score (nSPS) is 11.9. The van der Waals surface area contributed by atoms with Crippen LogP contribution in [0.5, 0.6) is 0 Å². The van der Waals surface area contributed by atoms with Crippen LogP contribution in [0.1, 0.15) is 5.82 Å². The second-order valence-corrected chi connectivity index (χ2v) is 14.3. The van der Waals surface area contributed by atoms with Crippen molar-refractivity contribution in [3.63, 3.8) is 0 Å². The standard InChI is InChI=1S/C46H27N3O2S/c1-26-47-45(49-46(48-26)34-14-9-16-39-43(34)32-12-5-7-15-37(32)50-39)29-18-20-31-36-22-28(19-21-38(36)51-40(31)24-29)30-23-35(27-10-3-2-4-11-27)44-33-13-6-8-17-41(33)52-42(44)25-30/h2-25H,1H3. The lowest BCUT2D eigenvalue weighted by molar-refractivity contribution is 0.668. The van der Waals surface area contributed by atoms with Gasteiger partial charge in [0.1, 0.15) is 28.2 Å². The van der Waals surface area contributed by atoms with E-state index in [4.69, 9.17) is 23.8 Å². The first-order valence-corrected chi connectivity index (χ1v) is 18.1. The third-order valence-electron chi connectivity index (χ3n) is 10.0. The van der Waals surface area contributed by atoms with Crippen molar-refractivity contribution in [2.75, 3.05) is 0 Å². The molecule has 0 aliphatic rings. The predicted molar refractivity (Wildman–Crippen MR) is 214 cm³/mol. The number of para-hydroxylation sites is 1. The molecule has 4 heterocycles. The van der Waals surface area contributed by atoms with Gasteiger partial charge in [-0.25, -0.2) is 15.0 Å². The number of rotatable bonds is 4. The van der Waals surface area contributed by atoms with Gasteiger partial charge in [0.2, 0.25) is 0 Å². The molecule has 7 aromatic carbocycles. The molecule has 4 aromatic heterocycles. The number of furan rings is 2. The molecule has 0 N–H and O–H groups in total. The van der Waals surface area contributed by atoms with Gasteiger partial charge in [-0.15, -0.1) is 11.3 Å². The average molecular weight is 686 g/mol. The predicted octanol–water partition coefficient (Wildman–Crippen LogP) is 13.0. The lowest BCUT2D eigenvalue weighted by atomic mass is 9.94. The van der Waals surface area contributed by atoms with Crippen molar-refractivity contribution in [1.29, 1.82) is 0 Å². The van der Waals surface area contributed by atoms with Crippen molar-refractivity contribution >= 4 is 75.4 Å². The summed E-state index contributed by atoms with van der Waals surface area (Å²) in [6.07, 6.45) is 0. The Bertz CT molecular complexity index is 3210. The van der Waals surface area contributed by atoms with Gasteiger partial charge in [0.25, 0.3) is 0 Å². The van der Waals surface area contributed by atoms with Crippen LogP contribution in [0.25, 0.3) is 109 Å². The zero-order valence-electron chi connectivity index (χ0n) is 27.9. The lowest BCUT2D eigenvalue weighted by Gasteiger charge is -2.10. The summed E-state index contributed by atoms with van der Waals surface area (Å²) >= 11 is 1.85. The quantitative estimate of drug-likeness (QED) is 0.184. The van der Waals surface area contributed by atoms with Gasteiger partial charge in [0.05, 0.1) is 0 Å². The third-order valence-corrected chi connectivity index (χ3v) is 11.1. The fraction of sp³-hybridized carbons (Fsp3) is 0.0217. The molecular weight excluding hydrogens is 659 g/mol. The highest BCUT2D eigenvalue weighted by atomic mass is 32.1. The molecule has 5 nitrogen and oxygen atoms in total. The number of aryl methyl sites for hydroxylation is 1. The highest BCUT2D eigenvalue weighted by Crippen LogP contribution is 2.44. The van der Waals surface area contributed by atoms with Crippen LogP contribution in [0.3, 0.4) is 0 Å². The summed E-state index contributed by atoms with van der Waals surface area (Å²) in [5.41, 5.74) is 9.84. The SMILES string of the molecule is Cc1nc(-c2ccc3c(c2)oc2ccc(-c4cc(-c5ccccc5)c5c(c4)sc4ccccc45)cc23)nc(-c2cccc3oc4ccccc4c23)n1. The van der Waals surface area contributed by atoms with Gasteiger partial charge in [-0.1, -0.05) is 91.0 Å². The Labute approximate surface area is 301 Å². The first kappa shape index (κ1) is 29.1. The van der Waals surface area contributed by atoms with Crippen LogP contribution < -0.4 is 0 Å². The smallest absolute Gasteiger partial charge is 0.164 e. The molecule has 6 heteroatoms. The fourth-order valence-corrected chi connectivity index (χ4v) is 8.83. The number of fused-ring (bicyclic) bond motifs is 9. The molecule has 0 saturated carbocycles. The maximum Gasteiger partial charge on any atom is 0.164 e. The first-order valence-electron chi connectivity index (χ1n) is 17.3. The van der Waals surface area contributed by atoms with E-state index in [-0.39, 0.29) is 0 Å². The van der Waals surface area contributed by atoms with Crippen LogP contribution in [-0.4, -0.2) is 15.0 Å². The molecule has 0 bridgehead atoms. The summed E-state index contributed by atoms with van der Waals surface area (Å²) < 4.78 is 15.2. The van der Waals surface area contributed by atoms with Gasteiger partial charge in [-0.3, -0.25) is 0 Å². The molecule has 0 amide bonds. The van der Waals surface area contributed by atoms with Gasteiger partial charge in [0.15, 0.2) is 11.6 Å². The lowest BCUT2D eigenvalue weighted by Crippen LogP contribution is -1.99. The summed E-state index contributed by atoms with van der Waals surface area (Å²) in [5.74, 6) is 1.85. The largest absolute Gasteiger partial charge is 0.456 e. The number of aromatic nitrogens is 3. The van der Waals surface area contributed by atoms with Gasteiger partial charge in [-0.05, 0) is 83.8 Å². The number of hydrogen-bond donors (Lipinski definition) is 0. The molecule has 0 radical (unpaired) electrons. The minimum absolute atomic E-state index is 0.598. The number of hydrogen-bond acceptors (Lipinski definition) is 6. The molecule has 0 unspecified atom stereocenters. The van der Waals surface area contributed by atoms with Crippen LogP contribution in [0.2, 0.25) is 0 Å². The Kier molecular flexibility index (Phi) is 6.27. The van der Waals surface area contributed by atoms with Crippen LogP contribution in [0.4, 0.5) is 0 Å². The third kappa shape index (κ3) is 4.51. The Hall–Kier alpha value is -6.63. The zero-order chi connectivity index (χ0) is 34.3. The van der Waals surface area contributed by atoms with E-state index >= 15 is 0 Å². The molecule has 0 spiro atoms. The summed E-state index contributed by atoms with van der Waals surface area (Å²) in [6.45, 7) is 1.91. The van der Waals surface area contributed by atoms with E-state index in [2.05, 4.69) is 103 Å². The van der Waals surface area contributed by atoms with Crippen LogP contribution >= 0.6 is 11.3 Å².